The van der Waals surface area contributed by atoms with Gasteiger partial charge in [0.1, 0.15) is 0 Å². The lowest BCUT2D eigenvalue weighted by atomic mass is 9.97. The molecule has 1 amide bonds. The molecule has 4 N–H and O–H groups in total. The van der Waals surface area contributed by atoms with Crippen molar-refractivity contribution in [2.24, 2.45) is 17.4 Å². The van der Waals surface area contributed by atoms with E-state index in [-0.39, 0.29) is 11.7 Å². The van der Waals surface area contributed by atoms with Gasteiger partial charge < -0.3 is 16.4 Å². The molecule has 2 atom stereocenters. The fraction of sp³-hybridized carbons (Fsp3) is 0.545. The summed E-state index contributed by atoms with van der Waals surface area (Å²) < 4.78 is 0. The maximum Gasteiger partial charge on any atom is 0.269 e. The van der Waals surface area contributed by atoms with Gasteiger partial charge in [0.2, 0.25) is 0 Å². The van der Waals surface area contributed by atoms with Crippen LogP contribution in [-0.4, -0.2) is 35.2 Å². The van der Waals surface area contributed by atoms with Gasteiger partial charge in [0.25, 0.3) is 5.91 Å². The van der Waals surface area contributed by atoms with Crippen LogP contribution in [0.1, 0.15) is 23.8 Å². The van der Waals surface area contributed by atoms with Crippen LogP contribution < -0.4 is 16.4 Å². The summed E-state index contributed by atoms with van der Waals surface area (Å²) in [6.07, 6.45) is 1.03. The fourth-order valence-corrected chi connectivity index (χ4v) is 2.21. The van der Waals surface area contributed by atoms with Crippen molar-refractivity contribution in [1.82, 2.24) is 10.2 Å². The summed E-state index contributed by atoms with van der Waals surface area (Å²) in [5.41, 5.74) is 11.3. The number of rotatable bonds is 2. The average Bonchev–Trinajstić information content (AvgIpc) is 2.28. The number of carbonyl (C=O) groups excluding carboxylic acids is 1. The number of nitrogens with two attached hydrogens (primary N) is 2. The standard InChI is InChI=1S/C11H17N5O/c1-7-4-8(12)6-16(5-7)10-3-2-9(11(13)17)14-15-10/h2-3,7-8H,4-6,12H2,1H3,(H2,13,17). The topological polar surface area (TPSA) is 98.1 Å². The van der Waals surface area contributed by atoms with E-state index in [4.69, 9.17) is 11.5 Å². The van der Waals surface area contributed by atoms with Crippen molar-refractivity contribution in [1.29, 1.82) is 0 Å². The SMILES string of the molecule is CC1CC(N)CN(c2ccc(C(N)=O)nn2)C1. The number of nitrogens with zero attached hydrogens (tertiary/aromatic N) is 3. The lowest BCUT2D eigenvalue weighted by molar-refractivity contribution is 0.0994. The van der Waals surface area contributed by atoms with E-state index in [1.807, 2.05) is 0 Å². The van der Waals surface area contributed by atoms with Gasteiger partial charge in [-0.2, -0.15) is 0 Å². The Balaban J connectivity index is 2.14. The molecule has 2 unspecified atom stereocenters. The molecule has 1 aliphatic heterocycles. The largest absolute Gasteiger partial charge is 0.364 e. The predicted octanol–water partition coefficient (Wildman–Crippen LogP) is -0.251. The molecule has 1 saturated heterocycles. The van der Waals surface area contributed by atoms with Gasteiger partial charge in [-0.1, -0.05) is 6.92 Å². The Kier molecular flexibility index (Phi) is 3.23. The summed E-state index contributed by atoms with van der Waals surface area (Å²) in [7, 11) is 0. The molecule has 0 aromatic carbocycles. The molecule has 92 valence electrons. The smallest absolute Gasteiger partial charge is 0.269 e. The highest BCUT2D eigenvalue weighted by molar-refractivity contribution is 5.90. The molecular weight excluding hydrogens is 218 g/mol. The van der Waals surface area contributed by atoms with Gasteiger partial charge in [-0.3, -0.25) is 4.79 Å². The van der Waals surface area contributed by atoms with Crippen LogP contribution in [0.5, 0.6) is 0 Å². The van der Waals surface area contributed by atoms with Gasteiger partial charge in [-0.05, 0) is 24.5 Å². The number of hydrogen-bond donors (Lipinski definition) is 2. The van der Waals surface area contributed by atoms with Crippen molar-refractivity contribution in [3.63, 3.8) is 0 Å². The van der Waals surface area contributed by atoms with E-state index in [1.165, 1.54) is 0 Å². The summed E-state index contributed by atoms with van der Waals surface area (Å²) >= 11 is 0. The number of hydrogen-bond acceptors (Lipinski definition) is 5. The molecule has 6 heteroatoms. The van der Waals surface area contributed by atoms with Crippen molar-refractivity contribution in [3.05, 3.63) is 17.8 Å². The lowest BCUT2D eigenvalue weighted by Crippen LogP contribution is -2.46. The van der Waals surface area contributed by atoms with Crippen molar-refractivity contribution in [3.8, 4) is 0 Å². The van der Waals surface area contributed by atoms with Crippen molar-refractivity contribution in [2.45, 2.75) is 19.4 Å². The molecule has 2 heterocycles. The third-order valence-electron chi connectivity index (χ3n) is 2.92. The zero-order valence-electron chi connectivity index (χ0n) is 9.84. The monoisotopic (exact) mass is 235 g/mol. The second-order valence-electron chi connectivity index (χ2n) is 4.65. The van der Waals surface area contributed by atoms with Gasteiger partial charge in [-0.15, -0.1) is 10.2 Å². The first-order chi connectivity index (χ1) is 8.06. The Labute approximate surface area is 100.0 Å². The van der Waals surface area contributed by atoms with Gasteiger partial charge >= 0.3 is 0 Å². The number of aromatic nitrogens is 2. The van der Waals surface area contributed by atoms with Crippen LogP contribution in [0.25, 0.3) is 0 Å². The minimum absolute atomic E-state index is 0.163. The van der Waals surface area contributed by atoms with Crippen LogP contribution in [0.4, 0.5) is 5.82 Å². The maximum absolute atomic E-state index is 10.9. The van der Waals surface area contributed by atoms with Crippen molar-refractivity contribution < 1.29 is 4.79 Å². The molecule has 1 aliphatic rings. The summed E-state index contributed by atoms with van der Waals surface area (Å²) in [4.78, 5) is 13.0. The van der Waals surface area contributed by atoms with Gasteiger partial charge in [0, 0.05) is 19.1 Å². The molecule has 0 spiro atoms. The second kappa shape index (κ2) is 4.67. The van der Waals surface area contributed by atoms with E-state index in [2.05, 4.69) is 22.0 Å². The Hall–Kier alpha value is -1.69. The molecule has 1 fully saturated rings. The Morgan fingerprint density at radius 2 is 2.18 bits per heavy atom. The molecule has 1 aromatic heterocycles. The lowest BCUT2D eigenvalue weighted by Gasteiger charge is -2.35. The van der Waals surface area contributed by atoms with E-state index >= 15 is 0 Å². The molecule has 1 aromatic rings. The van der Waals surface area contributed by atoms with Crippen LogP contribution >= 0.6 is 0 Å². The zero-order chi connectivity index (χ0) is 12.4. The summed E-state index contributed by atoms with van der Waals surface area (Å²) in [5, 5.41) is 7.81. The second-order valence-corrected chi connectivity index (χ2v) is 4.65. The van der Waals surface area contributed by atoms with Crippen LogP contribution in [-0.2, 0) is 0 Å². The Morgan fingerprint density at radius 3 is 2.71 bits per heavy atom. The molecular formula is C11H17N5O. The first kappa shape index (κ1) is 11.8. The van der Waals surface area contributed by atoms with Crippen LogP contribution in [0, 0.1) is 5.92 Å². The molecule has 0 radical (unpaired) electrons. The van der Waals surface area contributed by atoms with E-state index in [9.17, 15) is 4.79 Å². The molecule has 2 rings (SSSR count). The van der Waals surface area contributed by atoms with E-state index in [0.717, 1.165) is 25.3 Å². The van der Waals surface area contributed by atoms with Crippen LogP contribution in [0.2, 0.25) is 0 Å². The highest BCUT2D eigenvalue weighted by atomic mass is 16.1. The Morgan fingerprint density at radius 1 is 1.41 bits per heavy atom. The van der Waals surface area contributed by atoms with E-state index in [1.54, 1.807) is 12.1 Å². The minimum atomic E-state index is -0.562. The molecule has 6 nitrogen and oxygen atoms in total. The number of anilines is 1. The van der Waals surface area contributed by atoms with Gasteiger partial charge in [-0.25, -0.2) is 0 Å². The molecule has 17 heavy (non-hydrogen) atoms. The van der Waals surface area contributed by atoms with Gasteiger partial charge in [0.15, 0.2) is 11.5 Å². The normalized spacial score (nSPS) is 24.7. The maximum atomic E-state index is 10.9. The highest BCUT2D eigenvalue weighted by Crippen LogP contribution is 2.20. The summed E-state index contributed by atoms with van der Waals surface area (Å²) in [6.45, 7) is 3.85. The Bertz CT molecular complexity index is 395. The summed E-state index contributed by atoms with van der Waals surface area (Å²) in [6, 6.07) is 3.52. The number of piperidine rings is 1. The molecule has 0 aliphatic carbocycles. The quantitative estimate of drug-likeness (QED) is 0.736. The third kappa shape index (κ3) is 2.71. The molecule has 0 saturated carbocycles. The first-order valence-electron chi connectivity index (χ1n) is 5.70. The predicted molar refractivity (Wildman–Crippen MR) is 64.5 cm³/mol. The van der Waals surface area contributed by atoms with E-state index in [0.29, 0.717) is 5.92 Å². The summed E-state index contributed by atoms with van der Waals surface area (Å²) in [5.74, 6) is 0.723. The van der Waals surface area contributed by atoms with Crippen LogP contribution in [0.3, 0.4) is 0 Å². The fourth-order valence-electron chi connectivity index (χ4n) is 2.21. The number of amides is 1. The average molecular weight is 235 g/mol. The van der Waals surface area contributed by atoms with Crippen LogP contribution in [0.15, 0.2) is 12.1 Å². The first-order valence-corrected chi connectivity index (χ1v) is 5.70. The zero-order valence-corrected chi connectivity index (χ0v) is 9.84. The number of carbonyl (C=O) groups is 1. The van der Waals surface area contributed by atoms with Crippen molar-refractivity contribution >= 4 is 11.7 Å². The molecule has 0 bridgehead atoms. The van der Waals surface area contributed by atoms with E-state index < -0.39 is 5.91 Å². The minimum Gasteiger partial charge on any atom is -0.364 e. The van der Waals surface area contributed by atoms with Crippen molar-refractivity contribution in [2.75, 3.05) is 18.0 Å². The van der Waals surface area contributed by atoms with Gasteiger partial charge in [0.05, 0.1) is 0 Å². The highest BCUT2D eigenvalue weighted by Gasteiger charge is 2.23. The number of primary amides is 1. The third-order valence-corrected chi connectivity index (χ3v) is 2.92.